The van der Waals surface area contributed by atoms with Gasteiger partial charge < -0.3 is 15.6 Å². The Kier molecular flexibility index (Phi) is 4.19. The molecule has 0 aliphatic carbocycles. The monoisotopic (exact) mass is 231 g/mol. The molecule has 0 aliphatic heterocycles. The lowest BCUT2D eigenvalue weighted by atomic mass is 10.2. The fraction of sp³-hybridized carbons (Fsp3) is 0.300. The number of hydrogen-bond acceptors (Lipinski definition) is 3. The van der Waals surface area contributed by atoms with Crippen molar-refractivity contribution in [3.8, 4) is 5.75 Å². The number of ether oxygens (including phenoxy) is 1. The summed E-state index contributed by atoms with van der Waals surface area (Å²) in [6.45, 7) is -0.0175. The Morgan fingerprint density at radius 3 is 2.44 bits per heavy atom. The highest BCUT2D eigenvalue weighted by Gasteiger charge is 2.11. The maximum absolute atomic E-state index is 12.7. The van der Waals surface area contributed by atoms with Crippen molar-refractivity contribution in [3.05, 3.63) is 29.8 Å². The molecule has 0 heterocycles. The van der Waals surface area contributed by atoms with Gasteiger partial charge in [-0.3, -0.25) is 4.79 Å². The largest absolute Gasteiger partial charge is 0.493 e. The van der Waals surface area contributed by atoms with Gasteiger partial charge in [0.15, 0.2) is 0 Å². The minimum Gasteiger partial charge on any atom is -0.493 e. The standard InChI is InChI=1S/C10H11F2NO3/c11-6-3-7(12)5-8(4-6)16-2-1-9(13)10(14)15/h3-5,9H,1-2,13H2,(H,14,15). The van der Waals surface area contributed by atoms with E-state index in [0.717, 1.165) is 18.2 Å². The summed E-state index contributed by atoms with van der Waals surface area (Å²) in [5.41, 5.74) is 5.21. The SMILES string of the molecule is NC(CCOc1cc(F)cc(F)c1)C(=O)O. The second-order valence-electron chi connectivity index (χ2n) is 3.19. The molecule has 1 unspecified atom stereocenters. The number of benzene rings is 1. The van der Waals surface area contributed by atoms with E-state index in [9.17, 15) is 13.6 Å². The van der Waals surface area contributed by atoms with E-state index in [-0.39, 0.29) is 18.8 Å². The molecule has 0 saturated carbocycles. The average Bonchev–Trinajstić information content (AvgIpc) is 2.15. The third kappa shape index (κ3) is 3.82. The first kappa shape index (κ1) is 12.4. The number of carboxylic acids is 1. The molecule has 1 rings (SSSR count). The van der Waals surface area contributed by atoms with Gasteiger partial charge in [-0.2, -0.15) is 0 Å². The Hall–Kier alpha value is -1.69. The molecule has 1 aromatic rings. The van der Waals surface area contributed by atoms with Gasteiger partial charge >= 0.3 is 5.97 Å². The van der Waals surface area contributed by atoms with Gasteiger partial charge in [0.05, 0.1) is 6.61 Å². The third-order valence-corrected chi connectivity index (χ3v) is 1.85. The Morgan fingerprint density at radius 1 is 1.38 bits per heavy atom. The molecule has 16 heavy (non-hydrogen) atoms. The van der Waals surface area contributed by atoms with Crippen molar-refractivity contribution in [1.82, 2.24) is 0 Å². The van der Waals surface area contributed by atoms with Gasteiger partial charge in [-0.1, -0.05) is 0 Å². The van der Waals surface area contributed by atoms with Gasteiger partial charge in [-0.25, -0.2) is 8.78 Å². The second kappa shape index (κ2) is 5.41. The number of aliphatic carboxylic acids is 1. The molecule has 1 atom stereocenters. The lowest BCUT2D eigenvalue weighted by Gasteiger charge is -2.08. The molecule has 0 bridgehead atoms. The zero-order valence-electron chi connectivity index (χ0n) is 8.32. The van der Waals surface area contributed by atoms with Crippen molar-refractivity contribution in [1.29, 1.82) is 0 Å². The highest BCUT2D eigenvalue weighted by Crippen LogP contribution is 2.15. The third-order valence-electron chi connectivity index (χ3n) is 1.85. The lowest BCUT2D eigenvalue weighted by molar-refractivity contribution is -0.138. The van der Waals surface area contributed by atoms with Crippen LogP contribution in [0.1, 0.15) is 6.42 Å². The van der Waals surface area contributed by atoms with Crippen LogP contribution in [0.4, 0.5) is 8.78 Å². The van der Waals surface area contributed by atoms with Gasteiger partial charge in [0.1, 0.15) is 23.4 Å². The molecule has 88 valence electrons. The first-order valence-electron chi connectivity index (χ1n) is 4.56. The van der Waals surface area contributed by atoms with E-state index in [1.807, 2.05) is 0 Å². The number of hydrogen-bond donors (Lipinski definition) is 2. The summed E-state index contributed by atoms with van der Waals surface area (Å²) in [4.78, 5) is 10.3. The summed E-state index contributed by atoms with van der Waals surface area (Å²) in [7, 11) is 0. The van der Waals surface area contributed by atoms with Gasteiger partial charge in [-0.15, -0.1) is 0 Å². The Morgan fingerprint density at radius 2 is 1.94 bits per heavy atom. The maximum atomic E-state index is 12.7. The van der Waals surface area contributed by atoms with Crippen LogP contribution in [0, 0.1) is 11.6 Å². The number of carbonyl (C=O) groups is 1. The summed E-state index contributed by atoms with van der Waals surface area (Å²) in [5, 5.41) is 8.47. The minimum absolute atomic E-state index is 0.00934. The van der Waals surface area contributed by atoms with Crippen molar-refractivity contribution in [2.45, 2.75) is 12.5 Å². The van der Waals surface area contributed by atoms with Crippen molar-refractivity contribution in [2.24, 2.45) is 5.73 Å². The molecule has 0 aromatic heterocycles. The Bertz CT molecular complexity index is 364. The molecule has 0 saturated heterocycles. The van der Waals surface area contributed by atoms with E-state index in [1.165, 1.54) is 0 Å². The van der Waals surface area contributed by atoms with Crippen LogP contribution >= 0.6 is 0 Å². The van der Waals surface area contributed by atoms with Crippen molar-refractivity contribution in [3.63, 3.8) is 0 Å². The zero-order chi connectivity index (χ0) is 12.1. The minimum atomic E-state index is -1.14. The van der Waals surface area contributed by atoms with Crippen LogP contribution in [-0.2, 0) is 4.79 Å². The highest BCUT2D eigenvalue weighted by molar-refractivity contribution is 5.72. The van der Waals surface area contributed by atoms with Gasteiger partial charge in [-0.05, 0) is 0 Å². The summed E-state index contributed by atoms with van der Waals surface area (Å²) in [5.74, 6) is -2.64. The van der Waals surface area contributed by atoms with Crippen LogP contribution in [-0.4, -0.2) is 23.7 Å². The molecular formula is C10H11F2NO3. The second-order valence-corrected chi connectivity index (χ2v) is 3.19. The van der Waals surface area contributed by atoms with E-state index in [1.54, 1.807) is 0 Å². The van der Waals surface area contributed by atoms with Gasteiger partial charge in [0, 0.05) is 24.6 Å². The topological polar surface area (TPSA) is 72.5 Å². The molecule has 1 aromatic carbocycles. The van der Waals surface area contributed by atoms with E-state index < -0.39 is 23.6 Å². The average molecular weight is 231 g/mol. The summed E-state index contributed by atoms with van der Waals surface area (Å²) in [6.07, 6.45) is 0.0630. The summed E-state index contributed by atoms with van der Waals surface area (Å²) < 4.78 is 30.4. The summed E-state index contributed by atoms with van der Waals surface area (Å²) >= 11 is 0. The number of rotatable bonds is 5. The zero-order valence-corrected chi connectivity index (χ0v) is 8.32. The lowest BCUT2D eigenvalue weighted by Crippen LogP contribution is -2.31. The van der Waals surface area contributed by atoms with Crippen LogP contribution in [0.5, 0.6) is 5.75 Å². The molecule has 0 amide bonds. The molecule has 6 heteroatoms. The number of carboxylic acid groups (broad SMARTS) is 1. The molecular weight excluding hydrogens is 220 g/mol. The molecule has 0 aliphatic rings. The smallest absolute Gasteiger partial charge is 0.320 e. The Balaban J connectivity index is 2.46. The Labute approximate surface area is 90.6 Å². The van der Waals surface area contributed by atoms with E-state index in [0.29, 0.717) is 0 Å². The highest BCUT2D eigenvalue weighted by atomic mass is 19.1. The van der Waals surface area contributed by atoms with Crippen LogP contribution < -0.4 is 10.5 Å². The van der Waals surface area contributed by atoms with E-state index in [4.69, 9.17) is 15.6 Å². The quantitative estimate of drug-likeness (QED) is 0.797. The molecule has 3 N–H and O–H groups in total. The normalized spacial score (nSPS) is 12.2. The molecule has 0 radical (unpaired) electrons. The fourth-order valence-corrected chi connectivity index (χ4v) is 1.04. The van der Waals surface area contributed by atoms with E-state index >= 15 is 0 Å². The van der Waals surface area contributed by atoms with Crippen LogP contribution in [0.25, 0.3) is 0 Å². The first-order valence-corrected chi connectivity index (χ1v) is 4.56. The van der Waals surface area contributed by atoms with E-state index in [2.05, 4.69) is 0 Å². The van der Waals surface area contributed by atoms with Gasteiger partial charge in [0.25, 0.3) is 0 Å². The summed E-state index contributed by atoms with van der Waals surface area (Å²) in [6, 6.07) is 1.69. The molecule has 4 nitrogen and oxygen atoms in total. The van der Waals surface area contributed by atoms with Gasteiger partial charge in [0.2, 0.25) is 0 Å². The van der Waals surface area contributed by atoms with Crippen molar-refractivity contribution < 1.29 is 23.4 Å². The predicted molar refractivity (Wildman–Crippen MR) is 52.1 cm³/mol. The van der Waals surface area contributed by atoms with Crippen molar-refractivity contribution >= 4 is 5.97 Å². The van der Waals surface area contributed by atoms with Crippen LogP contribution in [0.3, 0.4) is 0 Å². The fourth-order valence-electron chi connectivity index (χ4n) is 1.04. The van der Waals surface area contributed by atoms with Crippen LogP contribution in [0.15, 0.2) is 18.2 Å². The van der Waals surface area contributed by atoms with Crippen LogP contribution in [0.2, 0.25) is 0 Å². The molecule has 0 spiro atoms. The molecule has 0 fully saturated rings. The number of halogens is 2. The predicted octanol–water partition coefficient (Wildman–Crippen LogP) is 1.15. The first-order chi connectivity index (χ1) is 7.49. The maximum Gasteiger partial charge on any atom is 0.320 e. The van der Waals surface area contributed by atoms with Crippen molar-refractivity contribution in [2.75, 3.05) is 6.61 Å². The number of nitrogens with two attached hydrogens (primary N) is 1.